The molecular formula is C34H42FN3O4S. The maximum Gasteiger partial charge on any atom is 0.243 e. The summed E-state index contributed by atoms with van der Waals surface area (Å²) in [5, 5.41) is 3.15. The van der Waals surface area contributed by atoms with Gasteiger partial charge in [0.2, 0.25) is 21.8 Å². The first-order chi connectivity index (χ1) is 20.5. The van der Waals surface area contributed by atoms with Crippen LogP contribution in [0.5, 0.6) is 0 Å². The second-order valence-electron chi connectivity index (χ2n) is 11.6. The average Bonchev–Trinajstić information content (AvgIpc) is 3.46. The summed E-state index contributed by atoms with van der Waals surface area (Å²) in [5.41, 5.74) is 3.63. The Kier molecular flexibility index (Phi) is 11.0. The Morgan fingerprint density at radius 1 is 0.953 bits per heavy atom. The number of aryl methyl sites for hydroxylation is 2. The van der Waals surface area contributed by atoms with Crippen molar-refractivity contribution in [1.29, 1.82) is 0 Å². The first-order valence-corrected chi connectivity index (χ1v) is 16.8. The fourth-order valence-electron chi connectivity index (χ4n) is 5.83. The summed E-state index contributed by atoms with van der Waals surface area (Å²) in [7, 11) is -3.61. The summed E-state index contributed by atoms with van der Waals surface area (Å²) >= 11 is 0. The third kappa shape index (κ3) is 9.13. The van der Waals surface area contributed by atoms with Crippen LogP contribution < -0.4 is 9.62 Å². The van der Waals surface area contributed by atoms with Crippen LogP contribution >= 0.6 is 0 Å². The molecule has 3 aromatic rings. The van der Waals surface area contributed by atoms with Crippen LogP contribution in [0, 0.1) is 19.7 Å². The van der Waals surface area contributed by atoms with Crippen LogP contribution in [0.25, 0.3) is 0 Å². The quantitative estimate of drug-likeness (QED) is 0.271. The van der Waals surface area contributed by atoms with E-state index >= 15 is 0 Å². The van der Waals surface area contributed by atoms with Crippen LogP contribution in [0.3, 0.4) is 0 Å². The number of hydrogen-bond donors (Lipinski definition) is 1. The molecule has 1 aliphatic carbocycles. The highest BCUT2D eigenvalue weighted by molar-refractivity contribution is 7.92. The highest BCUT2D eigenvalue weighted by atomic mass is 32.2. The smallest absolute Gasteiger partial charge is 0.243 e. The van der Waals surface area contributed by atoms with E-state index in [0.717, 1.165) is 48.6 Å². The lowest BCUT2D eigenvalue weighted by molar-refractivity contribution is -0.141. The fourth-order valence-corrected chi connectivity index (χ4v) is 6.78. The Morgan fingerprint density at radius 3 is 2.21 bits per heavy atom. The number of benzene rings is 3. The van der Waals surface area contributed by atoms with Crippen LogP contribution in [-0.2, 0) is 32.6 Å². The van der Waals surface area contributed by atoms with Crippen LogP contribution in [-0.4, -0.2) is 50.0 Å². The summed E-state index contributed by atoms with van der Waals surface area (Å²) in [4.78, 5) is 29.2. The number of nitrogens with zero attached hydrogens (tertiary/aromatic N) is 2. The van der Waals surface area contributed by atoms with Crippen molar-refractivity contribution >= 4 is 27.5 Å². The van der Waals surface area contributed by atoms with Gasteiger partial charge in [-0.25, -0.2) is 12.8 Å². The lowest BCUT2D eigenvalue weighted by atomic mass is 10.0. The second kappa shape index (κ2) is 14.6. The molecule has 43 heavy (non-hydrogen) atoms. The number of sulfonamides is 1. The average molecular weight is 608 g/mol. The van der Waals surface area contributed by atoms with Crippen LogP contribution in [0.15, 0.2) is 72.8 Å². The van der Waals surface area contributed by atoms with E-state index in [2.05, 4.69) is 5.32 Å². The van der Waals surface area contributed by atoms with Crippen molar-refractivity contribution in [1.82, 2.24) is 10.2 Å². The van der Waals surface area contributed by atoms with Crippen molar-refractivity contribution in [3.63, 3.8) is 0 Å². The van der Waals surface area contributed by atoms with Gasteiger partial charge in [-0.1, -0.05) is 67.4 Å². The molecule has 1 atom stereocenters. The van der Waals surface area contributed by atoms with Crippen LogP contribution in [0.2, 0.25) is 0 Å². The van der Waals surface area contributed by atoms with Crippen molar-refractivity contribution in [2.75, 3.05) is 17.1 Å². The predicted octanol–water partition coefficient (Wildman–Crippen LogP) is 5.69. The van der Waals surface area contributed by atoms with Gasteiger partial charge in [0.1, 0.15) is 11.9 Å². The van der Waals surface area contributed by atoms with E-state index in [-0.39, 0.29) is 50.2 Å². The minimum atomic E-state index is -3.61. The number of nitrogens with one attached hydrogen (secondary N) is 1. The van der Waals surface area contributed by atoms with Gasteiger partial charge in [-0.05, 0) is 68.0 Å². The van der Waals surface area contributed by atoms with E-state index in [1.54, 1.807) is 18.2 Å². The molecule has 0 radical (unpaired) electrons. The van der Waals surface area contributed by atoms with E-state index in [9.17, 15) is 22.4 Å². The van der Waals surface area contributed by atoms with Gasteiger partial charge in [-0.3, -0.25) is 13.9 Å². The number of anilines is 1. The van der Waals surface area contributed by atoms with Gasteiger partial charge < -0.3 is 10.2 Å². The van der Waals surface area contributed by atoms with Crippen molar-refractivity contribution < 1.29 is 22.4 Å². The monoisotopic (exact) mass is 607 g/mol. The molecule has 1 N–H and O–H groups in total. The standard InChI is InChI=1S/C34H42FN3O4S/c1-25-20-26(2)22-30(21-25)38(43(3,41)42)19-11-18-33(39)37(24-28-14-7-10-17-31(28)35)32(23-27-12-5-4-6-13-27)34(40)36-29-15-8-9-16-29/h4-7,10,12-14,17,20-22,29,32H,8-9,11,15-16,18-19,23-24H2,1-3H3,(H,36,40)/t32-/m0/s1. The number of carbonyl (C=O) groups excluding carboxylic acids is 2. The topological polar surface area (TPSA) is 86.8 Å². The SMILES string of the molecule is Cc1cc(C)cc(N(CCCC(=O)N(Cc2ccccc2F)[C@@H](Cc2ccccc2)C(=O)NC2CCCC2)S(C)(=O)=O)c1. The third-order valence-corrected chi connectivity index (χ3v) is 9.11. The lowest BCUT2D eigenvalue weighted by Gasteiger charge is -2.33. The van der Waals surface area contributed by atoms with Crippen molar-refractivity contribution in [3.8, 4) is 0 Å². The minimum absolute atomic E-state index is 0.00668. The Hall–Kier alpha value is -3.72. The zero-order chi connectivity index (χ0) is 31.0. The number of rotatable bonds is 13. The van der Waals surface area contributed by atoms with E-state index in [1.165, 1.54) is 15.3 Å². The highest BCUT2D eigenvalue weighted by Gasteiger charge is 2.32. The fraction of sp³-hybridized carbons (Fsp3) is 0.412. The number of hydrogen-bond acceptors (Lipinski definition) is 4. The molecule has 1 saturated carbocycles. The molecule has 0 saturated heterocycles. The third-order valence-electron chi connectivity index (χ3n) is 7.92. The highest BCUT2D eigenvalue weighted by Crippen LogP contribution is 2.24. The summed E-state index contributed by atoms with van der Waals surface area (Å²) in [5.74, 6) is -1.04. The van der Waals surface area contributed by atoms with Crippen LogP contribution in [0.1, 0.15) is 60.8 Å². The zero-order valence-corrected chi connectivity index (χ0v) is 26.1. The Bertz CT molecular complexity index is 1490. The molecule has 2 amide bonds. The van der Waals surface area contributed by atoms with E-state index < -0.39 is 21.9 Å². The van der Waals surface area contributed by atoms with Gasteiger partial charge in [-0.2, -0.15) is 0 Å². The zero-order valence-electron chi connectivity index (χ0n) is 25.3. The molecule has 0 bridgehead atoms. The molecule has 7 nitrogen and oxygen atoms in total. The van der Waals surface area contributed by atoms with Gasteiger partial charge in [0.25, 0.3) is 0 Å². The molecule has 0 aromatic heterocycles. The summed E-state index contributed by atoms with van der Waals surface area (Å²) < 4.78 is 41.7. The van der Waals surface area contributed by atoms with Gasteiger partial charge in [0.15, 0.2) is 0 Å². The molecule has 1 aliphatic rings. The maximum atomic E-state index is 14.9. The Morgan fingerprint density at radius 2 is 1.58 bits per heavy atom. The number of halogens is 1. The molecule has 1 fully saturated rings. The molecule has 4 rings (SSSR count). The molecule has 0 unspecified atom stereocenters. The van der Waals surface area contributed by atoms with Gasteiger partial charge in [0.05, 0.1) is 11.9 Å². The minimum Gasteiger partial charge on any atom is -0.352 e. The summed E-state index contributed by atoms with van der Waals surface area (Å²) in [6.45, 7) is 3.84. The van der Waals surface area contributed by atoms with E-state index in [4.69, 9.17) is 0 Å². The van der Waals surface area contributed by atoms with Crippen molar-refractivity contribution in [2.45, 2.75) is 77.4 Å². The summed E-state index contributed by atoms with van der Waals surface area (Å²) in [6, 6.07) is 20.5. The molecule has 9 heteroatoms. The van der Waals surface area contributed by atoms with Gasteiger partial charge in [-0.15, -0.1) is 0 Å². The Labute approximate surface area is 255 Å². The normalized spacial score (nSPS) is 14.3. The van der Waals surface area contributed by atoms with Gasteiger partial charge >= 0.3 is 0 Å². The lowest BCUT2D eigenvalue weighted by Crippen LogP contribution is -2.52. The molecule has 0 spiro atoms. The molecule has 230 valence electrons. The van der Waals surface area contributed by atoms with E-state index in [0.29, 0.717) is 11.3 Å². The van der Waals surface area contributed by atoms with Gasteiger partial charge in [0, 0.05) is 37.5 Å². The number of carbonyl (C=O) groups is 2. The number of amides is 2. The molecule has 0 heterocycles. The first kappa shape index (κ1) is 32.2. The van der Waals surface area contributed by atoms with Crippen molar-refractivity contribution in [3.05, 3.63) is 101 Å². The maximum absolute atomic E-state index is 14.9. The van der Waals surface area contributed by atoms with E-state index in [1.807, 2.05) is 62.4 Å². The molecule has 0 aliphatic heterocycles. The largest absolute Gasteiger partial charge is 0.352 e. The Balaban J connectivity index is 1.60. The summed E-state index contributed by atoms with van der Waals surface area (Å²) in [6.07, 6.45) is 5.53. The first-order valence-electron chi connectivity index (χ1n) is 14.9. The predicted molar refractivity (Wildman–Crippen MR) is 169 cm³/mol. The van der Waals surface area contributed by atoms with Crippen molar-refractivity contribution in [2.24, 2.45) is 0 Å². The molecular weight excluding hydrogens is 565 g/mol. The molecule has 3 aromatic carbocycles. The van der Waals surface area contributed by atoms with Crippen LogP contribution in [0.4, 0.5) is 10.1 Å². The second-order valence-corrected chi connectivity index (χ2v) is 13.5.